The van der Waals surface area contributed by atoms with Crippen molar-refractivity contribution in [2.45, 2.75) is 52.6 Å². The number of amides is 2. The second-order valence-corrected chi connectivity index (χ2v) is 6.98. The molecule has 2 amide bonds. The summed E-state index contributed by atoms with van der Waals surface area (Å²) >= 11 is 0. The molecule has 6 heteroatoms. The van der Waals surface area contributed by atoms with Gasteiger partial charge in [-0.2, -0.15) is 0 Å². The summed E-state index contributed by atoms with van der Waals surface area (Å²) < 4.78 is 0. The molecule has 0 aliphatic rings. The van der Waals surface area contributed by atoms with Crippen molar-refractivity contribution in [1.82, 2.24) is 10.6 Å². The van der Waals surface area contributed by atoms with Crippen LogP contribution in [0, 0.1) is 11.8 Å². The first kappa shape index (κ1) is 20.7. The molecule has 1 rings (SSSR count). The highest BCUT2D eigenvalue weighted by molar-refractivity contribution is 5.90. The van der Waals surface area contributed by atoms with Crippen LogP contribution in [-0.2, 0) is 20.8 Å². The largest absolute Gasteiger partial charge is 0.480 e. The molecule has 2 unspecified atom stereocenters. The molecule has 0 spiro atoms. The van der Waals surface area contributed by atoms with Crippen molar-refractivity contribution in [3.63, 3.8) is 0 Å². The molecule has 0 saturated carbocycles. The van der Waals surface area contributed by atoms with E-state index in [4.69, 9.17) is 0 Å². The number of aliphatic carboxylic acids is 1. The Morgan fingerprint density at radius 2 is 1.60 bits per heavy atom. The van der Waals surface area contributed by atoms with Gasteiger partial charge in [-0.05, 0) is 17.4 Å². The maximum absolute atomic E-state index is 12.6. The average molecular weight is 348 g/mol. The summed E-state index contributed by atoms with van der Waals surface area (Å²) in [5, 5.41) is 14.5. The molecule has 0 saturated heterocycles. The first-order valence-corrected chi connectivity index (χ1v) is 8.57. The van der Waals surface area contributed by atoms with Gasteiger partial charge in [-0.3, -0.25) is 9.59 Å². The number of carbonyl (C=O) groups is 3. The maximum Gasteiger partial charge on any atom is 0.326 e. The zero-order chi connectivity index (χ0) is 19.0. The number of nitrogens with one attached hydrogen (secondary N) is 2. The number of carboxylic acid groups (broad SMARTS) is 1. The summed E-state index contributed by atoms with van der Waals surface area (Å²) in [7, 11) is 0. The Hall–Kier alpha value is -2.37. The standard InChI is InChI=1S/C19H28N2O4/c1-12(2)10-16(22)20-15(11-14-8-6-5-7-9-14)18(23)21-17(13(3)4)19(24)25/h5-9,12-13,15,17H,10-11H2,1-4H3,(H,20,22)(H,21,23)(H,24,25). The van der Waals surface area contributed by atoms with Gasteiger partial charge in [-0.25, -0.2) is 4.79 Å². The molecule has 1 aromatic carbocycles. The molecule has 0 heterocycles. The van der Waals surface area contributed by atoms with Crippen LogP contribution >= 0.6 is 0 Å². The lowest BCUT2D eigenvalue weighted by Crippen LogP contribution is -2.54. The van der Waals surface area contributed by atoms with Crippen LogP contribution in [0.15, 0.2) is 30.3 Å². The van der Waals surface area contributed by atoms with Gasteiger partial charge in [-0.1, -0.05) is 58.0 Å². The summed E-state index contributed by atoms with van der Waals surface area (Å²) in [5.74, 6) is -1.88. The lowest BCUT2D eigenvalue weighted by Gasteiger charge is -2.23. The van der Waals surface area contributed by atoms with E-state index in [1.54, 1.807) is 13.8 Å². The van der Waals surface area contributed by atoms with Gasteiger partial charge in [0.2, 0.25) is 11.8 Å². The Kier molecular flexibility index (Phi) is 8.11. The van der Waals surface area contributed by atoms with Gasteiger partial charge >= 0.3 is 5.97 Å². The van der Waals surface area contributed by atoms with Gasteiger partial charge in [0.1, 0.15) is 12.1 Å². The summed E-state index contributed by atoms with van der Waals surface area (Å²) in [6.45, 7) is 7.29. The zero-order valence-corrected chi connectivity index (χ0v) is 15.3. The van der Waals surface area contributed by atoms with Gasteiger partial charge in [0, 0.05) is 12.8 Å². The highest BCUT2D eigenvalue weighted by Gasteiger charge is 2.28. The number of hydrogen-bond donors (Lipinski definition) is 3. The van der Waals surface area contributed by atoms with E-state index in [0.717, 1.165) is 5.56 Å². The van der Waals surface area contributed by atoms with E-state index in [-0.39, 0.29) is 17.7 Å². The predicted molar refractivity (Wildman–Crippen MR) is 95.9 cm³/mol. The molecule has 0 aromatic heterocycles. The number of hydrogen-bond acceptors (Lipinski definition) is 3. The molecule has 6 nitrogen and oxygen atoms in total. The smallest absolute Gasteiger partial charge is 0.326 e. The monoisotopic (exact) mass is 348 g/mol. The molecule has 2 atom stereocenters. The second-order valence-electron chi connectivity index (χ2n) is 6.98. The molecule has 3 N–H and O–H groups in total. The van der Waals surface area contributed by atoms with E-state index in [0.29, 0.717) is 12.8 Å². The summed E-state index contributed by atoms with van der Waals surface area (Å²) in [4.78, 5) is 36.0. The van der Waals surface area contributed by atoms with Gasteiger partial charge in [-0.15, -0.1) is 0 Å². The topological polar surface area (TPSA) is 95.5 Å². The molecule has 0 radical (unpaired) electrons. The Bertz CT molecular complexity index is 584. The Morgan fingerprint density at radius 3 is 2.08 bits per heavy atom. The van der Waals surface area contributed by atoms with Crippen LogP contribution in [0.4, 0.5) is 0 Å². The van der Waals surface area contributed by atoms with Crippen molar-refractivity contribution < 1.29 is 19.5 Å². The van der Waals surface area contributed by atoms with Crippen LogP contribution in [0.5, 0.6) is 0 Å². The highest BCUT2D eigenvalue weighted by atomic mass is 16.4. The summed E-state index contributed by atoms with van der Waals surface area (Å²) in [5.41, 5.74) is 0.893. The van der Waals surface area contributed by atoms with Gasteiger partial charge in [0.05, 0.1) is 0 Å². The van der Waals surface area contributed by atoms with E-state index >= 15 is 0 Å². The third-order valence-corrected chi connectivity index (χ3v) is 3.76. The first-order chi connectivity index (χ1) is 11.7. The second kappa shape index (κ2) is 9.81. The van der Waals surface area contributed by atoms with Crippen molar-refractivity contribution in [2.75, 3.05) is 0 Å². The van der Waals surface area contributed by atoms with Crippen LogP contribution in [0.3, 0.4) is 0 Å². The zero-order valence-electron chi connectivity index (χ0n) is 15.3. The molecule has 0 aliphatic carbocycles. The van der Waals surface area contributed by atoms with Gasteiger partial charge in [0.25, 0.3) is 0 Å². The van der Waals surface area contributed by atoms with E-state index in [2.05, 4.69) is 10.6 Å². The van der Waals surface area contributed by atoms with Crippen molar-refractivity contribution in [3.05, 3.63) is 35.9 Å². The lowest BCUT2D eigenvalue weighted by molar-refractivity contribution is -0.143. The summed E-state index contributed by atoms with van der Waals surface area (Å²) in [6, 6.07) is 7.51. The fraction of sp³-hybridized carbons (Fsp3) is 0.526. The minimum atomic E-state index is -1.09. The minimum absolute atomic E-state index is 0.169. The Balaban J connectivity index is 2.89. The maximum atomic E-state index is 12.6. The SMILES string of the molecule is CC(C)CC(=O)NC(Cc1ccccc1)C(=O)NC(C(=O)O)C(C)C. The molecule has 0 fully saturated rings. The normalized spacial score (nSPS) is 13.4. The number of carbonyl (C=O) groups excluding carboxylic acids is 2. The summed E-state index contributed by atoms with van der Waals surface area (Å²) in [6.07, 6.45) is 0.617. The average Bonchev–Trinajstić information content (AvgIpc) is 2.51. The van der Waals surface area contributed by atoms with Crippen LogP contribution in [0.1, 0.15) is 39.7 Å². The first-order valence-electron chi connectivity index (χ1n) is 8.57. The van der Waals surface area contributed by atoms with Crippen molar-refractivity contribution >= 4 is 17.8 Å². The van der Waals surface area contributed by atoms with Crippen LogP contribution in [0.2, 0.25) is 0 Å². The molecule has 1 aromatic rings. The number of carboxylic acids is 1. The quantitative estimate of drug-likeness (QED) is 0.636. The molecule has 0 aliphatic heterocycles. The Labute approximate surface area is 149 Å². The van der Waals surface area contributed by atoms with Crippen molar-refractivity contribution in [1.29, 1.82) is 0 Å². The third-order valence-electron chi connectivity index (χ3n) is 3.76. The molecule has 138 valence electrons. The molecular formula is C19H28N2O4. The van der Waals surface area contributed by atoms with Crippen molar-refractivity contribution in [3.8, 4) is 0 Å². The highest BCUT2D eigenvalue weighted by Crippen LogP contribution is 2.08. The van der Waals surface area contributed by atoms with Gasteiger partial charge < -0.3 is 15.7 Å². The predicted octanol–water partition coefficient (Wildman–Crippen LogP) is 1.99. The minimum Gasteiger partial charge on any atom is -0.480 e. The van der Waals surface area contributed by atoms with E-state index in [1.807, 2.05) is 44.2 Å². The molecular weight excluding hydrogens is 320 g/mol. The Morgan fingerprint density at radius 1 is 1.00 bits per heavy atom. The van der Waals surface area contributed by atoms with E-state index in [9.17, 15) is 19.5 Å². The van der Waals surface area contributed by atoms with Crippen LogP contribution in [-0.4, -0.2) is 35.0 Å². The fourth-order valence-corrected chi connectivity index (χ4v) is 2.45. The fourth-order valence-electron chi connectivity index (χ4n) is 2.45. The van der Waals surface area contributed by atoms with Crippen molar-refractivity contribution in [2.24, 2.45) is 11.8 Å². The number of rotatable bonds is 9. The molecule has 25 heavy (non-hydrogen) atoms. The molecule has 0 bridgehead atoms. The number of benzene rings is 1. The van der Waals surface area contributed by atoms with Gasteiger partial charge in [0.15, 0.2) is 0 Å². The van der Waals surface area contributed by atoms with Crippen LogP contribution in [0.25, 0.3) is 0 Å². The van der Waals surface area contributed by atoms with E-state index < -0.39 is 24.0 Å². The van der Waals surface area contributed by atoms with Crippen LogP contribution < -0.4 is 10.6 Å². The van der Waals surface area contributed by atoms with E-state index in [1.165, 1.54) is 0 Å². The lowest BCUT2D eigenvalue weighted by atomic mass is 10.0. The third kappa shape index (κ3) is 7.37.